The molecule has 1 aromatic carbocycles. The molecule has 2 heterocycles. The minimum atomic E-state index is -0.582. The minimum Gasteiger partial charge on any atom is -0.471 e. The predicted molar refractivity (Wildman–Crippen MR) is 139 cm³/mol. The number of thiophene rings is 1. The molecule has 0 unspecified atom stereocenters. The number of nitrogens with one attached hydrogen (secondary N) is 1. The maximum absolute atomic E-state index is 12.9. The van der Waals surface area contributed by atoms with Gasteiger partial charge in [0, 0.05) is 20.3 Å². The van der Waals surface area contributed by atoms with E-state index in [-0.39, 0.29) is 35.5 Å². The van der Waals surface area contributed by atoms with E-state index in [1.807, 2.05) is 31.2 Å². The van der Waals surface area contributed by atoms with Crippen LogP contribution in [0.3, 0.4) is 0 Å². The van der Waals surface area contributed by atoms with Gasteiger partial charge in [-0.25, -0.2) is 9.48 Å². The van der Waals surface area contributed by atoms with E-state index in [1.165, 1.54) is 15.1 Å². The first kappa shape index (κ1) is 26.9. The largest absolute Gasteiger partial charge is 0.471 e. The lowest BCUT2D eigenvalue weighted by molar-refractivity contribution is 0.0506. The molecule has 0 aliphatic heterocycles. The molecule has 9 nitrogen and oxygen atoms in total. The summed E-state index contributed by atoms with van der Waals surface area (Å²) in [7, 11) is 3.25. The van der Waals surface area contributed by atoms with Crippen molar-refractivity contribution in [2.45, 2.75) is 46.8 Å². The van der Waals surface area contributed by atoms with E-state index in [9.17, 15) is 14.4 Å². The van der Waals surface area contributed by atoms with Crippen molar-refractivity contribution in [1.82, 2.24) is 14.7 Å². The molecule has 10 heteroatoms. The third kappa shape index (κ3) is 6.31. The molecule has 0 saturated carbocycles. The van der Waals surface area contributed by atoms with Gasteiger partial charge in [-0.3, -0.25) is 9.59 Å². The number of nitrogens with zero attached hydrogens (tertiary/aromatic N) is 3. The number of hydrogen-bond acceptors (Lipinski definition) is 7. The summed E-state index contributed by atoms with van der Waals surface area (Å²) in [6.07, 6.45) is 2.29. The fraction of sp³-hybridized carbons (Fsp3) is 0.385. The monoisotopic (exact) mass is 512 g/mol. The van der Waals surface area contributed by atoms with Crippen LogP contribution in [0, 0.1) is 6.92 Å². The van der Waals surface area contributed by atoms with E-state index >= 15 is 0 Å². The molecule has 0 spiro atoms. The van der Waals surface area contributed by atoms with Crippen molar-refractivity contribution in [2.75, 3.05) is 26.0 Å². The molecule has 2 aromatic heterocycles. The first-order valence-electron chi connectivity index (χ1n) is 11.7. The summed E-state index contributed by atoms with van der Waals surface area (Å²) >= 11 is 1.04. The minimum absolute atomic E-state index is 0.127. The first-order valence-corrected chi connectivity index (χ1v) is 12.5. The quantitative estimate of drug-likeness (QED) is 0.386. The molecule has 192 valence electrons. The van der Waals surface area contributed by atoms with Crippen LogP contribution in [0.1, 0.15) is 74.8 Å². The second-order valence-corrected chi connectivity index (χ2v) is 9.81. The molecule has 0 aliphatic rings. The average Bonchev–Trinajstić information content (AvgIpc) is 3.45. The Bertz CT molecular complexity index is 1230. The second kappa shape index (κ2) is 11.9. The lowest BCUT2D eigenvalue weighted by Crippen LogP contribution is -2.21. The molecular formula is C26H32N4O5S. The van der Waals surface area contributed by atoms with Crippen LogP contribution in [0.2, 0.25) is 0 Å². The van der Waals surface area contributed by atoms with Crippen molar-refractivity contribution < 1.29 is 23.9 Å². The SMILES string of the molecule is CCCOC(=O)c1c(NC(=O)c2ccn(COc3ccc(C(C)C)cc3)n2)sc(C(=O)N(C)C)c1C. The smallest absolute Gasteiger partial charge is 0.341 e. The zero-order valence-electron chi connectivity index (χ0n) is 21.5. The van der Waals surface area contributed by atoms with Crippen molar-refractivity contribution >= 4 is 34.1 Å². The maximum atomic E-state index is 12.9. The highest BCUT2D eigenvalue weighted by Gasteiger charge is 2.28. The number of hydrogen-bond donors (Lipinski definition) is 1. The van der Waals surface area contributed by atoms with Crippen LogP contribution in [0.25, 0.3) is 0 Å². The molecule has 0 radical (unpaired) electrons. The van der Waals surface area contributed by atoms with Gasteiger partial charge in [0.15, 0.2) is 12.4 Å². The normalized spacial score (nSPS) is 10.9. The van der Waals surface area contributed by atoms with E-state index in [4.69, 9.17) is 9.47 Å². The third-order valence-corrected chi connectivity index (χ3v) is 6.59. The highest BCUT2D eigenvalue weighted by molar-refractivity contribution is 7.18. The molecule has 0 saturated heterocycles. The number of benzene rings is 1. The van der Waals surface area contributed by atoms with Crippen LogP contribution < -0.4 is 10.1 Å². The van der Waals surface area contributed by atoms with Crippen molar-refractivity contribution in [3.8, 4) is 5.75 Å². The molecule has 2 amide bonds. The molecule has 1 N–H and O–H groups in total. The maximum Gasteiger partial charge on any atom is 0.341 e. The number of rotatable bonds is 10. The Morgan fingerprint density at radius 2 is 1.83 bits per heavy atom. The van der Waals surface area contributed by atoms with Gasteiger partial charge >= 0.3 is 5.97 Å². The Morgan fingerprint density at radius 3 is 2.44 bits per heavy atom. The van der Waals surface area contributed by atoms with Gasteiger partial charge in [-0.15, -0.1) is 11.3 Å². The van der Waals surface area contributed by atoms with Gasteiger partial charge in [-0.2, -0.15) is 5.10 Å². The number of esters is 1. The fourth-order valence-electron chi connectivity index (χ4n) is 3.33. The van der Waals surface area contributed by atoms with Gasteiger partial charge in [0.2, 0.25) is 0 Å². The van der Waals surface area contributed by atoms with E-state index in [0.29, 0.717) is 28.5 Å². The van der Waals surface area contributed by atoms with Crippen molar-refractivity contribution in [2.24, 2.45) is 0 Å². The summed E-state index contributed by atoms with van der Waals surface area (Å²) in [5.41, 5.74) is 2.02. The van der Waals surface area contributed by atoms with Crippen LogP contribution in [0.15, 0.2) is 36.5 Å². The van der Waals surface area contributed by atoms with Crippen LogP contribution in [-0.2, 0) is 11.5 Å². The number of amides is 2. The number of anilines is 1. The van der Waals surface area contributed by atoms with E-state index in [1.54, 1.807) is 33.3 Å². The summed E-state index contributed by atoms with van der Waals surface area (Å²) in [5, 5.41) is 7.26. The Hall–Kier alpha value is -3.66. The molecule has 0 aliphatic carbocycles. The van der Waals surface area contributed by atoms with Crippen LogP contribution in [-0.4, -0.2) is 53.2 Å². The number of carbonyl (C=O) groups excluding carboxylic acids is 3. The van der Waals surface area contributed by atoms with Gasteiger partial charge in [0.25, 0.3) is 11.8 Å². The third-order valence-electron chi connectivity index (χ3n) is 5.40. The number of carbonyl (C=O) groups is 3. The predicted octanol–water partition coefficient (Wildman–Crippen LogP) is 4.93. The van der Waals surface area contributed by atoms with Gasteiger partial charge in [0.05, 0.1) is 17.0 Å². The second-order valence-electron chi connectivity index (χ2n) is 8.79. The van der Waals surface area contributed by atoms with Crippen molar-refractivity contribution in [1.29, 1.82) is 0 Å². The highest BCUT2D eigenvalue weighted by atomic mass is 32.1. The van der Waals surface area contributed by atoms with Gasteiger partial charge < -0.3 is 19.7 Å². The zero-order valence-corrected chi connectivity index (χ0v) is 22.3. The Balaban J connectivity index is 1.74. The number of ether oxygens (including phenoxy) is 2. The molecule has 0 fully saturated rings. The Kier molecular flexibility index (Phi) is 8.87. The molecule has 0 atom stereocenters. The first-order chi connectivity index (χ1) is 17.1. The molecule has 3 aromatic rings. The van der Waals surface area contributed by atoms with Gasteiger partial charge in [0.1, 0.15) is 10.8 Å². The van der Waals surface area contributed by atoms with E-state index in [0.717, 1.165) is 11.3 Å². The Morgan fingerprint density at radius 1 is 1.14 bits per heavy atom. The fourth-order valence-corrected chi connectivity index (χ4v) is 4.54. The summed E-state index contributed by atoms with van der Waals surface area (Å²) < 4.78 is 12.6. The summed E-state index contributed by atoms with van der Waals surface area (Å²) in [5.74, 6) is -0.219. The number of aromatic nitrogens is 2. The molecule has 0 bridgehead atoms. The lowest BCUT2D eigenvalue weighted by atomic mass is 10.0. The zero-order chi connectivity index (χ0) is 26.4. The summed E-state index contributed by atoms with van der Waals surface area (Å²) in [6, 6.07) is 9.39. The molecule has 36 heavy (non-hydrogen) atoms. The summed E-state index contributed by atoms with van der Waals surface area (Å²) in [6.45, 7) is 8.18. The van der Waals surface area contributed by atoms with Crippen LogP contribution in [0.5, 0.6) is 5.75 Å². The molecular weight excluding hydrogens is 480 g/mol. The van der Waals surface area contributed by atoms with Crippen molar-refractivity contribution in [3.63, 3.8) is 0 Å². The van der Waals surface area contributed by atoms with E-state index < -0.39 is 11.9 Å². The lowest BCUT2D eigenvalue weighted by Gasteiger charge is -2.09. The van der Waals surface area contributed by atoms with Crippen molar-refractivity contribution in [3.05, 3.63) is 63.8 Å². The van der Waals surface area contributed by atoms with E-state index in [2.05, 4.69) is 24.3 Å². The van der Waals surface area contributed by atoms with Gasteiger partial charge in [-0.1, -0.05) is 32.9 Å². The summed E-state index contributed by atoms with van der Waals surface area (Å²) in [4.78, 5) is 40.1. The standard InChI is InChI=1S/C26H32N4O5S/c1-7-14-34-26(33)21-17(4)22(25(32)29(5)6)36-24(21)27-23(31)20-12-13-30(28-20)15-35-19-10-8-18(9-11-19)16(2)3/h8-13,16H,7,14-15H2,1-6H3,(H,27,31). The average molecular weight is 513 g/mol. The molecule has 3 rings (SSSR count). The highest BCUT2D eigenvalue weighted by Crippen LogP contribution is 2.34. The Labute approximate surface area is 215 Å². The van der Waals surface area contributed by atoms with Gasteiger partial charge in [-0.05, 0) is 48.6 Å². The van der Waals surface area contributed by atoms with Crippen LogP contribution in [0.4, 0.5) is 5.00 Å². The topological polar surface area (TPSA) is 103 Å². The van der Waals surface area contributed by atoms with Crippen LogP contribution >= 0.6 is 11.3 Å².